The number of nitrogens with zero attached hydrogens (tertiary/aromatic N) is 3. The van der Waals surface area contributed by atoms with E-state index in [1.807, 2.05) is 6.92 Å². The minimum Gasteiger partial charge on any atom is -0.316 e. The quantitative estimate of drug-likeness (QED) is 0.844. The summed E-state index contributed by atoms with van der Waals surface area (Å²) in [6, 6.07) is 16.5. The zero-order valence-corrected chi connectivity index (χ0v) is 14.8. The third kappa shape index (κ3) is 3.52. The molecule has 7 heteroatoms. The van der Waals surface area contributed by atoms with Crippen LogP contribution in [-0.4, -0.2) is 45.4 Å². The molecule has 27 heavy (non-hydrogen) atoms. The molecule has 136 valence electrons. The second-order valence-electron chi connectivity index (χ2n) is 5.93. The van der Waals surface area contributed by atoms with E-state index in [0.717, 1.165) is 4.90 Å². The number of carbonyl (C=O) groups excluding carboxylic acids is 3. The van der Waals surface area contributed by atoms with E-state index in [-0.39, 0.29) is 18.1 Å². The van der Waals surface area contributed by atoms with E-state index in [1.165, 1.54) is 4.58 Å². The molecule has 0 fully saturated rings. The summed E-state index contributed by atoms with van der Waals surface area (Å²) < 4.78 is 1.20. The second-order valence-corrected chi connectivity index (χ2v) is 5.93. The molecule has 0 saturated heterocycles. The summed E-state index contributed by atoms with van der Waals surface area (Å²) >= 11 is 0. The van der Waals surface area contributed by atoms with Gasteiger partial charge >= 0.3 is 11.9 Å². The standard InChI is InChI=1S/C20H18N4O3/c1-2-13-23-19(26)16(22-18(25)14-9-5-3-6-10-14)17(21)24(20(23)27)15-11-7-4-8-12-15/h3-12,21H,2,13H2,1H3/p+1. The first-order valence-electron chi connectivity index (χ1n) is 8.56. The second kappa shape index (κ2) is 7.74. The molecule has 0 unspecified atom stereocenters. The molecule has 7 nitrogen and oxygen atoms in total. The van der Waals surface area contributed by atoms with Gasteiger partial charge in [-0.1, -0.05) is 43.3 Å². The van der Waals surface area contributed by atoms with E-state index in [0.29, 0.717) is 17.7 Å². The molecule has 0 spiro atoms. The van der Waals surface area contributed by atoms with Crippen LogP contribution in [0.15, 0.2) is 65.7 Å². The lowest BCUT2D eigenvalue weighted by molar-refractivity contribution is -0.343. The Morgan fingerprint density at radius 3 is 2.22 bits per heavy atom. The van der Waals surface area contributed by atoms with Crippen LogP contribution in [0.1, 0.15) is 23.7 Å². The fourth-order valence-corrected chi connectivity index (χ4v) is 2.75. The van der Waals surface area contributed by atoms with Gasteiger partial charge in [-0.25, -0.2) is 9.59 Å². The minimum absolute atomic E-state index is 0.159. The van der Waals surface area contributed by atoms with Crippen LogP contribution < -0.4 is 5.73 Å². The fraction of sp³-hybridized carbons (Fsp3) is 0.150. The molecule has 0 aromatic heterocycles. The zero-order valence-electron chi connectivity index (χ0n) is 14.8. The Bertz CT molecular complexity index is 950. The van der Waals surface area contributed by atoms with Gasteiger partial charge in [-0.3, -0.25) is 4.79 Å². The van der Waals surface area contributed by atoms with Crippen LogP contribution in [0.2, 0.25) is 0 Å². The number of aliphatic imine (C=N–C) groups is 1. The van der Waals surface area contributed by atoms with Gasteiger partial charge in [-0.2, -0.15) is 14.5 Å². The van der Waals surface area contributed by atoms with Crippen molar-refractivity contribution in [2.45, 2.75) is 13.3 Å². The van der Waals surface area contributed by atoms with Crippen LogP contribution in [0.25, 0.3) is 0 Å². The number of nitrogens with two attached hydrogens (primary N) is 1. The number of amidine groups is 1. The largest absolute Gasteiger partial charge is 0.451 e. The molecule has 0 bridgehead atoms. The maximum Gasteiger partial charge on any atom is 0.451 e. The molecule has 2 N–H and O–H groups in total. The molecule has 2 aromatic carbocycles. The van der Waals surface area contributed by atoms with E-state index in [4.69, 9.17) is 5.73 Å². The number of urea groups is 1. The number of imide groups is 1. The van der Waals surface area contributed by atoms with Gasteiger partial charge in [0.15, 0.2) is 0 Å². The number of hydrogen-bond acceptors (Lipinski definition) is 4. The van der Waals surface area contributed by atoms with Crippen molar-refractivity contribution in [1.29, 1.82) is 0 Å². The molecule has 0 saturated carbocycles. The molecule has 0 radical (unpaired) electrons. The van der Waals surface area contributed by atoms with Crippen molar-refractivity contribution in [2.75, 3.05) is 6.54 Å². The number of benzene rings is 2. The minimum atomic E-state index is -0.671. The topological polar surface area (TPSA) is 95.8 Å². The third-order valence-electron chi connectivity index (χ3n) is 4.05. The highest BCUT2D eigenvalue weighted by molar-refractivity contribution is 6.68. The Balaban J connectivity index is 2.14. The van der Waals surface area contributed by atoms with Gasteiger partial charge in [0.25, 0.3) is 11.7 Å². The molecule has 1 aliphatic rings. The van der Waals surface area contributed by atoms with Gasteiger partial charge in [-0.15, -0.1) is 0 Å². The van der Waals surface area contributed by atoms with Crippen LogP contribution in [0.3, 0.4) is 0 Å². The van der Waals surface area contributed by atoms with Gasteiger partial charge in [-0.05, 0) is 30.7 Å². The first-order valence-corrected chi connectivity index (χ1v) is 8.56. The average molecular weight is 363 g/mol. The Morgan fingerprint density at radius 2 is 1.63 bits per heavy atom. The number of hydrogen-bond donors (Lipinski definition) is 1. The molecule has 4 amide bonds. The van der Waals surface area contributed by atoms with Crippen LogP contribution in [0, 0.1) is 0 Å². The lowest BCUT2D eigenvalue weighted by Crippen LogP contribution is -2.57. The SMILES string of the molecule is CCCN1C(=O)C(=NC(=O)c2ccccc2)C(N)=[N+](c2ccccc2)C1=O. The van der Waals surface area contributed by atoms with E-state index in [9.17, 15) is 14.4 Å². The van der Waals surface area contributed by atoms with Crippen molar-refractivity contribution in [3.63, 3.8) is 0 Å². The number of carbonyl (C=O) groups is 3. The van der Waals surface area contributed by atoms with Crippen molar-refractivity contribution < 1.29 is 19.0 Å². The summed E-state index contributed by atoms with van der Waals surface area (Å²) in [4.78, 5) is 43.1. The summed E-state index contributed by atoms with van der Waals surface area (Å²) in [5.41, 5.74) is 6.70. The maximum absolute atomic E-state index is 12.8. The van der Waals surface area contributed by atoms with E-state index < -0.39 is 17.8 Å². The number of para-hydroxylation sites is 1. The monoisotopic (exact) mass is 363 g/mol. The Morgan fingerprint density at radius 1 is 1.04 bits per heavy atom. The summed E-state index contributed by atoms with van der Waals surface area (Å²) in [6.45, 7) is 2.05. The van der Waals surface area contributed by atoms with Crippen LogP contribution in [0.5, 0.6) is 0 Å². The average Bonchev–Trinajstić information content (AvgIpc) is 2.70. The molecule has 3 rings (SSSR count). The summed E-state index contributed by atoms with van der Waals surface area (Å²) in [5, 5.41) is 0. The van der Waals surface area contributed by atoms with Gasteiger partial charge in [0.2, 0.25) is 5.71 Å². The normalized spacial score (nSPS) is 16.2. The summed E-state index contributed by atoms with van der Waals surface area (Å²) in [5.74, 6) is -1.43. The van der Waals surface area contributed by atoms with E-state index >= 15 is 0 Å². The number of amides is 4. The van der Waals surface area contributed by atoms with Crippen molar-refractivity contribution in [2.24, 2.45) is 10.7 Å². The highest BCUT2D eigenvalue weighted by atomic mass is 16.2. The Kier molecular flexibility index (Phi) is 5.21. The van der Waals surface area contributed by atoms with Crippen molar-refractivity contribution in [3.8, 4) is 0 Å². The molecule has 0 aliphatic carbocycles. The van der Waals surface area contributed by atoms with Gasteiger partial charge in [0.1, 0.15) is 5.69 Å². The third-order valence-corrected chi connectivity index (χ3v) is 4.05. The first kappa shape index (κ1) is 18.2. The maximum atomic E-state index is 12.8. The van der Waals surface area contributed by atoms with Gasteiger partial charge in [0.05, 0.1) is 6.54 Å². The zero-order chi connectivity index (χ0) is 19.4. The lowest BCUT2D eigenvalue weighted by Gasteiger charge is -2.23. The summed E-state index contributed by atoms with van der Waals surface area (Å²) in [7, 11) is 0. The van der Waals surface area contributed by atoms with Crippen molar-refractivity contribution in [1.82, 2.24) is 4.90 Å². The van der Waals surface area contributed by atoms with Crippen molar-refractivity contribution in [3.05, 3.63) is 66.2 Å². The molecule has 1 heterocycles. The van der Waals surface area contributed by atoms with Crippen LogP contribution >= 0.6 is 0 Å². The summed E-state index contributed by atoms with van der Waals surface area (Å²) in [6.07, 6.45) is 0.569. The van der Waals surface area contributed by atoms with Gasteiger partial charge in [0, 0.05) is 5.56 Å². The first-order chi connectivity index (χ1) is 13.0. The molecule has 0 atom stereocenters. The van der Waals surface area contributed by atoms with Gasteiger partial charge < -0.3 is 5.73 Å². The van der Waals surface area contributed by atoms with Crippen LogP contribution in [0.4, 0.5) is 10.5 Å². The Hall–Kier alpha value is -3.61. The highest BCUT2D eigenvalue weighted by Crippen LogP contribution is 2.17. The predicted molar refractivity (Wildman–Crippen MR) is 101 cm³/mol. The van der Waals surface area contributed by atoms with Crippen LogP contribution in [-0.2, 0) is 4.79 Å². The van der Waals surface area contributed by atoms with E-state index in [1.54, 1.807) is 60.7 Å². The van der Waals surface area contributed by atoms with Crippen molar-refractivity contribution >= 4 is 35.1 Å². The lowest BCUT2D eigenvalue weighted by atomic mass is 10.2. The highest BCUT2D eigenvalue weighted by Gasteiger charge is 2.44. The molecular formula is C20H19N4O3+. The smallest absolute Gasteiger partial charge is 0.316 e. The van der Waals surface area contributed by atoms with E-state index in [2.05, 4.69) is 4.99 Å². The number of rotatable bonds is 4. The fourth-order valence-electron chi connectivity index (χ4n) is 2.75. The Labute approximate surface area is 156 Å². The molecule has 1 aliphatic heterocycles. The predicted octanol–water partition coefficient (Wildman–Crippen LogP) is 2.34. The molecular weight excluding hydrogens is 344 g/mol. The molecule has 2 aromatic rings.